The van der Waals surface area contributed by atoms with Crippen molar-refractivity contribution in [2.75, 3.05) is 0 Å². The molecule has 33 heavy (non-hydrogen) atoms. The lowest BCUT2D eigenvalue weighted by Gasteiger charge is -2.30. The summed E-state index contributed by atoms with van der Waals surface area (Å²) in [6.07, 6.45) is 3.84. The van der Waals surface area contributed by atoms with Gasteiger partial charge in [0.25, 0.3) is 5.56 Å². The van der Waals surface area contributed by atoms with Crippen LogP contribution in [0.3, 0.4) is 0 Å². The van der Waals surface area contributed by atoms with Gasteiger partial charge in [-0.1, -0.05) is 75.8 Å². The molecule has 2 aliphatic rings. The van der Waals surface area contributed by atoms with E-state index >= 15 is 0 Å². The van der Waals surface area contributed by atoms with E-state index in [1.807, 2.05) is 34.9 Å². The molecule has 0 unspecified atom stereocenters. The van der Waals surface area contributed by atoms with Crippen LogP contribution >= 0.6 is 49.9 Å². The average Bonchev–Trinajstić information content (AvgIpc) is 3.14. The normalized spacial score (nSPS) is 17.3. The van der Waals surface area contributed by atoms with Crippen LogP contribution in [0.2, 0.25) is 0 Å². The van der Waals surface area contributed by atoms with Crippen molar-refractivity contribution in [1.82, 2.24) is 4.57 Å². The van der Waals surface area contributed by atoms with Gasteiger partial charge in [-0.15, -0.1) is 0 Å². The Kier molecular flexibility index (Phi) is 5.47. The Morgan fingerprint density at radius 1 is 1.00 bits per heavy atom. The molecular weight excluding hydrogens is 607 g/mol. The van der Waals surface area contributed by atoms with E-state index in [4.69, 9.17) is 4.99 Å². The van der Waals surface area contributed by atoms with E-state index in [1.54, 1.807) is 0 Å². The maximum Gasteiger partial charge on any atom is 0.271 e. The Morgan fingerprint density at radius 3 is 2.55 bits per heavy atom. The highest BCUT2D eigenvalue weighted by Crippen LogP contribution is 2.41. The molecule has 0 spiro atoms. The minimum Gasteiger partial charge on any atom is -0.272 e. The summed E-state index contributed by atoms with van der Waals surface area (Å²) in [5.74, 6) is 0. The minimum absolute atomic E-state index is 0.0237. The van der Waals surface area contributed by atoms with E-state index < -0.39 is 0 Å². The van der Waals surface area contributed by atoms with Crippen LogP contribution in [0.15, 0.2) is 92.6 Å². The Bertz CT molecular complexity index is 1600. The van der Waals surface area contributed by atoms with E-state index in [-0.39, 0.29) is 11.6 Å². The summed E-state index contributed by atoms with van der Waals surface area (Å²) in [4.78, 5) is 19.5. The number of halogens is 2. The van der Waals surface area contributed by atoms with Crippen LogP contribution in [-0.4, -0.2) is 4.57 Å². The van der Waals surface area contributed by atoms with Gasteiger partial charge in [0.05, 0.1) is 16.3 Å². The molecule has 0 bridgehead atoms. The van der Waals surface area contributed by atoms with Gasteiger partial charge in [0.1, 0.15) is 0 Å². The predicted octanol–water partition coefficient (Wildman–Crippen LogP) is 5.69. The van der Waals surface area contributed by atoms with Crippen molar-refractivity contribution in [2.24, 2.45) is 4.99 Å². The second-order valence-electron chi connectivity index (χ2n) is 8.22. The average molecular weight is 625 g/mol. The molecule has 1 aliphatic carbocycles. The molecule has 162 valence electrons. The molecule has 0 saturated carbocycles. The first-order valence-corrected chi connectivity index (χ1v) is 13.4. The molecule has 1 aromatic heterocycles. The highest BCUT2D eigenvalue weighted by atomic mass is 127. The molecule has 2 heterocycles. The van der Waals surface area contributed by atoms with E-state index in [1.165, 1.54) is 31.6 Å². The summed E-state index contributed by atoms with van der Waals surface area (Å²) in [6, 6.07) is 24.9. The van der Waals surface area contributed by atoms with Crippen LogP contribution in [0.4, 0.5) is 0 Å². The Morgan fingerprint density at radius 2 is 1.76 bits per heavy atom. The zero-order valence-electron chi connectivity index (χ0n) is 17.5. The molecular formula is C27H18BrIN2OS. The topological polar surface area (TPSA) is 34.4 Å². The van der Waals surface area contributed by atoms with Gasteiger partial charge >= 0.3 is 0 Å². The lowest BCUT2D eigenvalue weighted by Crippen LogP contribution is -2.38. The molecule has 0 radical (unpaired) electrons. The van der Waals surface area contributed by atoms with Crippen molar-refractivity contribution in [3.63, 3.8) is 0 Å². The molecule has 3 nitrogen and oxygen atoms in total. The smallest absolute Gasteiger partial charge is 0.271 e. The van der Waals surface area contributed by atoms with Crippen LogP contribution in [0.25, 0.3) is 11.8 Å². The number of allylic oxidation sites excluding steroid dienone is 1. The van der Waals surface area contributed by atoms with Crippen LogP contribution in [-0.2, 0) is 6.42 Å². The van der Waals surface area contributed by atoms with Gasteiger partial charge in [0.15, 0.2) is 4.80 Å². The Labute approximate surface area is 217 Å². The largest absolute Gasteiger partial charge is 0.272 e. The van der Waals surface area contributed by atoms with Crippen LogP contribution in [0, 0.1) is 3.57 Å². The number of fused-ring (bicyclic) bond motifs is 3. The number of aryl methyl sites for hydroxylation is 1. The summed E-state index contributed by atoms with van der Waals surface area (Å²) < 4.78 is 4.82. The maximum absolute atomic E-state index is 13.7. The summed E-state index contributed by atoms with van der Waals surface area (Å²) in [7, 11) is 0. The number of aromatic nitrogens is 1. The van der Waals surface area contributed by atoms with Crippen LogP contribution in [0.1, 0.15) is 34.7 Å². The van der Waals surface area contributed by atoms with Crippen molar-refractivity contribution in [3.8, 4) is 0 Å². The first kappa shape index (κ1) is 21.3. The zero-order chi connectivity index (χ0) is 22.5. The van der Waals surface area contributed by atoms with Gasteiger partial charge in [0.2, 0.25) is 0 Å². The molecule has 4 aromatic rings. The monoisotopic (exact) mass is 624 g/mol. The second-order valence-corrected chi connectivity index (χ2v) is 11.4. The third-order valence-corrected chi connectivity index (χ3v) is 8.46. The number of hydrogen-bond donors (Lipinski definition) is 0. The molecule has 0 N–H and O–H groups in total. The molecule has 0 saturated heterocycles. The van der Waals surface area contributed by atoms with Gasteiger partial charge in [-0.2, -0.15) is 0 Å². The first-order valence-electron chi connectivity index (χ1n) is 10.7. The van der Waals surface area contributed by atoms with Gasteiger partial charge in [-0.25, -0.2) is 4.99 Å². The van der Waals surface area contributed by atoms with E-state index in [9.17, 15) is 4.79 Å². The van der Waals surface area contributed by atoms with Crippen molar-refractivity contribution in [3.05, 3.63) is 128 Å². The molecule has 6 rings (SSSR count). The number of hydrogen-bond acceptors (Lipinski definition) is 3. The third-order valence-electron chi connectivity index (χ3n) is 6.23. The zero-order valence-corrected chi connectivity index (χ0v) is 22.0. The predicted molar refractivity (Wildman–Crippen MR) is 146 cm³/mol. The number of rotatable bonds is 2. The van der Waals surface area contributed by atoms with E-state index in [0.717, 1.165) is 38.9 Å². The van der Waals surface area contributed by atoms with Crippen molar-refractivity contribution >= 4 is 61.6 Å². The fourth-order valence-electron chi connectivity index (χ4n) is 4.68. The third kappa shape index (κ3) is 3.78. The lowest BCUT2D eigenvalue weighted by atomic mass is 9.83. The summed E-state index contributed by atoms with van der Waals surface area (Å²) in [5.41, 5.74) is 6.94. The quantitative estimate of drug-likeness (QED) is 0.264. The number of thiazole rings is 1. The highest BCUT2D eigenvalue weighted by molar-refractivity contribution is 14.1. The fourth-order valence-corrected chi connectivity index (χ4v) is 6.30. The van der Waals surface area contributed by atoms with Gasteiger partial charge < -0.3 is 0 Å². The summed E-state index contributed by atoms with van der Waals surface area (Å²) >= 11 is 7.32. The number of benzene rings is 3. The Hall–Kier alpha value is -2.29. The van der Waals surface area contributed by atoms with Gasteiger partial charge in [-0.05, 0) is 88.0 Å². The minimum atomic E-state index is -0.142. The van der Waals surface area contributed by atoms with Gasteiger partial charge in [0, 0.05) is 13.6 Å². The van der Waals surface area contributed by atoms with Gasteiger partial charge in [-0.3, -0.25) is 9.36 Å². The van der Waals surface area contributed by atoms with Crippen molar-refractivity contribution < 1.29 is 0 Å². The molecule has 0 fully saturated rings. The summed E-state index contributed by atoms with van der Waals surface area (Å²) in [6.45, 7) is 0. The first-order chi connectivity index (χ1) is 16.1. The standard InChI is InChI=1S/C27H18BrIN2OS/c28-19-10-7-18(8-11-19)25-22-14-9-17-3-1-2-4-21(17)24(22)30-27-31(25)26(32)23(33-27)15-16-5-12-20(29)13-6-16/h1-8,10-13,15,25H,9,14H2/b23-15-/t25-/m0/s1. The molecule has 6 heteroatoms. The molecule has 1 aliphatic heterocycles. The highest BCUT2D eigenvalue weighted by Gasteiger charge is 2.32. The summed E-state index contributed by atoms with van der Waals surface area (Å²) in [5, 5.41) is 0. The maximum atomic E-state index is 13.7. The Balaban J connectivity index is 1.62. The van der Waals surface area contributed by atoms with Crippen molar-refractivity contribution in [2.45, 2.75) is 18.9 Å². The second kappa shape index (κ2) is 8.49. The fraction of sp³-hybridized carbons (Fsp3) is 0.111. The SMILES string of the molecule is O=c1/c(=C/c2ccc(I)cc2)sc2n1[C@@H](c1ccc(Br)cc1)C1=C(N=2)c2ccccc2CC1. The molecule has 0 amide bonds. The van der Waals surface area contributed by atoms with Crippen LogP contribution in [0.5, 0.6) is 0 Å². The number of nitrogens with zero attached hydrogens (tertiary/aromatic N) is 2. The molecule has 3 aromatic carbocycles. The van der Waals surface area contributed by atoms with E-state index in [2.05, 4.69) is 87.1 Å². The van der Waals surface area contributed by atoms with Crippen LogP contribution < -0.4 is 14.9 Å². The van der Waals surface area contributed by atoms with Crippen molar-refractivity contribution in [1.29, 1.82) is 0 Å². The van der Waals surface area contributed by atoms with E-state index in [0.29, 0.717) is 4.53 Å². The lowest BCUT2D eigenvalue weighted by molar-refractivity contribution is 0.585. The molecule has 1 atom stereocenters.